The Bertz CT molecular complexity index is 654. The van der Waals surface area contributed by atoms with Crippen LogP contribution in [-0.4, -0.2) is 19.0 Å². The van der Waals surface area contributed by atoms with Crippen molar-refractivity contribution >= 4 is 17.7 Å². The topological polar surface area (TPSA) is 44.8 Å². The van der Waals surface area contributed by atoms with E-state index in [1.165, 1.54) is 11.8 Å². The highest BCUT2D eigenvalue weighted by atomic mass is 32.2. The molecule has 0 N–H and O–H groups in total. The standard InChI is InChI=1S/C15H12O4S/c1-20-14-5-3-2-4-11(14)15(16)19-10-6-7-12-13(8-10)18-9-17-12/h2-8H,9H2,1H3. The van der Waals surface area contributed by atoms with E-state index in [0.717, 1.165) is 4.90 Å². The molecular weight excluding hydrogens is 276 g/mol. The Hall–Kier alpha value is -2.14. The third-order valence-corrected chi connectivity index (χ3v) is 3.68. The molecule has 0 atom stereocenters. The van der Waals surface area contributed by atoms with Crippen molar-refractivity contribution < 1.29 is 19.0 Å². The maximum Gasteiger partial charge on any atom is 0.344 e. The first-order valence-corrected chi connectivity index (χ1v) is 7.25. The Morgan fingerprint density at radius 1 is 1.15 bits per heavy atom. The van der Waals surface area contributed by atoms with Crippen LogP contribution in [0.15, 0.2) is 47.4 Å². The van der Waals surface area contributed by atoms with Gasteiger partial charge in [0.25, 0.3) is 0 Å². The van der Waals surface area contributed by atoms with Gasteiger partial charge in [-0.3, -0.25) is 0 Å². The summed E-state index contributed by atoms with van der Waals surface area (Å²) in [6.07, 6.45) is 1.92. The lowest BCUT2D eigenvalue weighted by Gasteiger charge is -2.08. The lowest BCUT2D eigenvalue weighted by molar-refractivity contribution is 0.0731. The van der Waals surface area contributed by atoms with Gasteiger partial charge in [-0.2, -0.15) is 0 Å². The first-order chi connectivity index (χ1) is 9.78. The van der Waals surface area contributed by atoms with Crippen LogP contribution in [0, 0.1) is 0 Å². The third-order valence-electron chi connectivity index (χ3n) is 2.88. The Labute approximate surface area is 120 Å². The lowest BCUT2D eigenvalue weighted by Crippen LogP contribution is -2.09. The summed E-state index contributed by atoms with van der Waals surface area (Å²) < 4.78 is 15.8. The van der Waals surface area contributed by atoms with Gasteiger partial charge in [-0.1, -0.05) is 12.1 Å². The summed E-state index contributed by atoms with van der Waals surface area (Å²) in [4.78, 5) is 13.1. The molecule has 0 aromatic heterocycles. The molecule has 0 saturated carbocycles. The highest BCUT2D eigenvalue weighted by Gasteiger charge is 2.17. The molecule has 0 amide bonds. The van der Waals surface area contributed by atoms with Gasteiger partial charge in [0.15, 0.2) is 11.5 Å². The van der Waals surface area contributed by atoms with E-state index in [1.54, 1.807) is 24.3 Å². The fourth-order valence-corrected chi connectivity index (χ4v) is 2.50. The highest BCUT2D eigenvalue weighted by molar-refractivity contribution is 7.98. The molecule has 4 nitrogen and oxygen atoms in total. The molecule has 5 heteroatoms. The van der Waals surface area contributed by atoms with E-state index in [4.69, 9.17) is 14.2 Å². The largest absolute Gasteiger partial charge is 0.454 e. The van der Waals surface area contributed by atoms with Gasteiger partial charge in [-0.05, 0) is 30.5 Å². The molecule has 2 aromatic carbocycles. The monoisotopic (exact) mass is 288 g/mol. The van der Waals surface area contributed by atoms with Crippen molar-refractivity contribution in [1.82, 2.24) is 0 Å². The Kier molecular flexibility index (Phi) is 3.52. The van der Waals surface area contributed by atoms with Gasteiger partial charge in [0, 0.05) is 11.0 Å². The summed E-state index contributed by atoms with van der Waals surface area (Å²) in [5.41, 5.74) is 0.553. The molecule has 0 bridgehead atoms. The van der Waals surface area contributed by atoms with Crippen molar-refractivity contribution in [3.05, 3.63) is 48.0 Å². The van der Waals surface area contributed by atoms with Crippen molar-refractivity contribution in [2.45, 2.75) is 4.90 Å². The molecule has 1 aliphatic rings. The van der Waals surface area contributed by atoms with Gasteiger partial charge in [0.1, 0.15) is 5.75 Å². The van der Waals surface area contributed by atoms with Gasteiger partial charge in [-0.15, -0.1) is 11.8 Å². The minimum Gasteiger partial charge on any atom is -0.454 e. The van der Waals surface area contributed by atoms with Crippen molar-refractivity contribution in [1.29, 1.82) is 0 Å². The predicted molar refractivity (Wildman–Crippen MR) is 75.7 cm³/mol. The second-order valence-electron chi connectivity index (χ2n) is 4.10. The second kappa shape index (κ2) is 5.46. The van der Waals surface area contributed by atoms with Crippen LogP contribution in [0.3, 0.4) is 0 Å². The van der Waals surface area contributed by atoms with Gasteiger partial charge >= 0.3 is 5.97 Å². The Balaban J connectivity index is 1.82. The fraction of sp³-hybridized carbons (Fsp3) is 0.133. The van der Waals surface area contributed by atoms with E-state index in [2.05, 4.69) is 0 Å². The number of thioether (sulfide) groups is 1. The normalized spacial score (nSPS) is 12.2. The number of hydrogen-bond donors (Lipinski definition) is 0. The quantitative estimate of drug-likeness (QED) is 0.492. The number of carbonyl (C=O) groups excluding carboxylic acids is 1. The molecule has 0 unspecified atom stereocenters. The zero-order valence-electron chi connectivity index (χ0n) is 10.8. The summed E-state index contributed by atoms with van der Waals surface area (Å²) in [5, 5.41) is 0. The zero-order valence-corrected chi connectivity index (χ0v) is 11.6. The van der Waals surface area contributed by atoms with Crippen LogP contribution in [0.2, 0.25) is 0 Å². The van der Waals surface area contributed by atoms with Gasteiger partial charge in [-0.25, -0.2) is 4.79 Å². The van der Waals surface area contributed by atoms with E-state index in [0.29, 0.717) is 22.8 Å². The predicted octanol–water partition coefficient (Wildman–Crippen LogP) is 3.36. The van der Waals surface area contributed by atoms with Crippen LogP contribution >= 0.6 is 11.8 Å². The van der Waals surface area contributed by atoms with E-state index < -0.39 is 0 Å². The number of hydrogen-bond acceptors (Lipinski definition) is 5. The number of ether oxygens (including phenoxy) is 3. The molecule has 2 aromatic rings. The molecule has 1 aliphatic heterocycles. The number of esters is 1. The number of rotatable bonds is 3. The molecule has 102 valence electrons. The zero-order chi connectivity index (χ0) is 13.9. The summed E-state index contributed by atoms with van der Waals surface area (Å²) >= 11 is 1.51. The first kappa shape index (κ1) is 12.9. The summed E-state index contributed by atoms with van der Waals surface area (Å²) in [6, 6.07) is 12.4. The minimum atomic E-state index is -0.381. The third kappa shape index (κ3) is 2.44. The van der Waals surface area contributed by atoms with Crippen LogP contribution in [-0.2, 0) is 0 Å². The summed E-state index contributed by atoms with van der Waals surface area (Å²) in [5.74, 6) is 1.31. The van der Waals surface area contributed by atoms with Crippen molar-refractivity contribution in [2.75, 3.05) is 13.0 Å². The van der Waals surface area contributed by atoms with Crippen LogP contribution in [0.4, 0.5) is 0 Å². The average Bonchev–Trinajstić information content (AvgIpc) is 2.94. The van der Waals surface area contributed by atoms with Gasteiger partial charge < -0.3 is 14.2 Å². The number of fused-ring (bicyclic) bond motifs is 1. The molecule has 20 heavy (non-hydrogen) atoms. The maximum absolute atomic E-state index is 12.2. The van der Waals surface area contributed by atoms with Gasteiger partial charge in [0.2, 0.25) is 6.79 Å². The first-order valence-electron chi connectivity index (χ1n) is 6.03. The maximum atomic E-state index is 12.2. The van der Waals surface area contributed by atoms with Crippen LogP contribution in [0.1, 0.15) is 10.4 Å². The van der Waals surface area contributed by atoms with E-state index in [-0.39, 0.29) is 12.8 Å². The van der Waals surface area contributed by atoms with E-state index in [9.17, 15) is 4.79 Å². The summed E-state index contributed by atoms with van der Waals surface area (Å²) in [7, 11) is 0. The number of carbonyl (C=O) groups is 1. The van der Waals surface area contributed by atoms with Crippen LogP contribution < -0.4 is 14.2 Å². The van der Waals surface area contributed by atoms with E-state index >= 15 is 0 Å². The average molecular weight is 288 g/mol. The molecule has 0 spiro atoms. The minimum absolute atomic E-state index is 0.196. The van der Waals surface area contributed by atoms with Crippen molar-refractivity contribution in [3.8, 4) is 17.2 Å². The molecule has 3 rings (SSSR count). The molecule has 0 aliphatic carbocycles. The number of benzene rings is 2. The second-order valence-corrected chi connectivity index (χ2v) is 4.95. The SMILES string of the molecule is CSc1ccccc1C(=O)Oc1ccc2c(c1)OCO2. The van der Waals surface area contributed by atoms with Crippen LogP contribution in [0.5, 0.6) is 17.2 Å². The lowest BCUT2D eigenvalue weighted by atomic mass is 10.2. The molecule has 1 heterocycles. The molecule has 0 radical (unpaired) electrons. The van der Waals surface area contributed by atoms with Crippen molar-refractivity contribution in [3.63, 3.8) is 0 Å². The Morgan fingerprint density at radius 3 is 2.80 bits per heavy atom. The van der Waals surface area contributed by atoms with E-state index in [1.807, 2.05) is 24.5 Å². The molecule has 0 fully saturated rings. The van der Waals surface area contributed by atoms with Gasteiger partial charge in [0.05, 0.1) is 5.56 Å². The molecule has 0 saturated heterocycles. The molecular formula is C15H12O4S. The highest BCUT2D eigenvalue weighted by Crippen LogP contribution is 2.35. The Morgan fingerprint density at radius 2 is 1.95 bits per heavy atom. The smallest absolute Gasteiger partial charge is 0.344 e. The van der Waals surface area contributed by atoms with Crippen LogP contribution in [0.25, 0.3) is 0 Å². The van der Waals surface area contributed by atoms with Crippen molar-refractivity contribution in [2.24, 2.45) is 0 Å². The fourth-order valence-electron chi connectivity index (χ4n) is 1.92. The summed E-state index contributed by atoms with van der Waals surface area (Å²) in [6.45, 7) is 0.196.